The highest BCUT2D eigenvalue weighted by Crippen LogP contribution is 2.17. The molecular formula is C18H27N2O+. The molecule has 0 fully saturated rings. The number of H-pyrrole nitrogens is 1. The SMILES string of the molecule is CCCC[NH+](C)Cc1c(C)[nH]c2c(C)cc(C)cc2c1=O. The third kappa shape index (κ3) is 3.35. The molecule has 0 saturated carbocycles. The molecule has 0 amide bonds. The van der Waals surface area contributed by atoms with Crippen LogP contribution in [-0.2, 0) is 6.54 Å². The van der Waals surface area contributed by atoms with Gasteiger partial charge in [0, 0.05) is 11.1 Å². The number of pyridine rings is 1. The Kier molecular flexibility index (Phi) is 4.84. The largest absolute Gasteiger partial charge is 0.358 e. The first-order valence-electron chi connectivity index (χ1n) is 7.88. The Labute approximate surface area is 127 Å². The van der Waals surface area contributed by atoms with Crippen molar-refractivity contribution in [1.29, 1.82) is 0 Å². The zero-order chi connectivity index (χ0) is 15.6. The van der Waals surface area contributed by atoms with E-state index >= 15 is 0 Å². The van der Waals surface area contributed by atoms with Crippen LogP contribution >= 0.6 is 0 Å². The molecule has 0 spiro atoms. The molecule has 1 aromatic heterocycles. The number of hydrogen-bond acceptors (Lipinski definition) is 1. The number of nitrogens with one attached hydrogen (secondary N) is 2. The van der Waals surface area contributed by atoms with E-state index in [1.165, 1.54) is 17.7 Å². The molecule has 3 heteroatoms. The topological polar surface area (TPSA) is 37.3 Å². The van der Waals surface area contributed by atoms with Crippen LogP contribution < -0.4 is 10.3 Å². The summed E-state index contributed by atoms with van der Waals surface area (Å²) in [6.45, 7) is 10.2. The minimum Gasteiger partial charge on any atom is -0.358 e. The Balaban J connectivity index is 2.48. The lowest BCUT2D eigenvalue weighted by Gasteiger charge is -2.16. The number of fused-ring (bicyclic) bond motifs is 1. The smallest absolute Gasteiger partial charge is 0.198 e. The molecule has 0 aliphatic rings. The second kappa shape index (κ2) is 6.44. The van der Waals surface area contributed by atoms with E-state index in [-0.39, 0.29) is 5.43 Å². The molecule has 2 N–H and O–H groups in total. The maximum absolute atomic E-state index is 12.8. The highest BCUT2D eigenvalue weighted by molar-refractivity contribution is 5.83. The lowest BCUT2D eigenvalue weighted by molar-refractivity contribution is -0.894. The third-order valence-corrected chi connectivity index (χ3v) is 4.20. The number of benzene rings is 1. The van der Waals surface area contributed by atoms with Gasteiger partial charge in [0.1, 0.15) is 6.54 Å². The summed E-state index contributed by atoms with van der Waals surface area (Å²) < 4.78 is 0. The summed E-state index contributed by atoms with van der Waals surface area (Å²) in [6.07, 6.45) is 2.40. The number of unbranched alkanes of at least 4 members (excludes halogenated alkanes) is 1. The molecule has 1 aromatic carbocycles. The van der Waals surface area contributed by atoms with Gasteiger partial charge >= 0.3 is 0 Å². The minimum atomic E-state index is 0.198. The summed E-state index contributed by atoms with van der Waals surface area (Å²) in [5.74, 6) is 0. The molecule has 0 saturated heterocycles. The molecule has 2 rings (SSSR count). The number of aryl methyl sites for hydroxylation is 3. The van der Waals surface area contributed by atoms with Crippen LogP contribution in [0.25, 0.3) is 10.9 Å². The number of hydrogen-bond donors (Lipinski definition) is 2. The van der Waals surface area contributed by atoms with Crippen LogP contribution in [0.2, 0.25) is 0 Å². The Hall–Kier alpha value is -1.61. The average molecular weight is 287 g/mol. The molecule has 0 radical (unpaired) electrons. The standard InChI is InChI=1S/C18H26N2O/c1-6-7-8-20(5)11-16-14(4)19-17-13(3)9-12(2)10-15(17)18(16)21/h9-10H,6-8,11H2,1-5H3,(H,19,21)/p+1. The summed E-state index contributed by atoms with van der Waals surface area (Å²) in [5.41, 5.74) is 5.41. The van der Waals surface area contributed by atoms with Crippen LogP contribution in [-0.4, -0.2) is 18.6 Å². The van der Waals surface area contributed by atoms with Crippen LogP contribution in [0.5, 0.6) is 0 Å². The van der Waals surface area contributed by atoms with Gasteiger partial charge in [-0.25, -0.2) is 0 Å². The lowest BCUT2D eigenvalue weighted by atomic mass is 10.0. The zero-order valence-electron chi connectivity index (χ0n) is 13.9. The quantitative estimate of drug-likeness (QED) is 0.870. The average Bonchev–Trinajstić information content (AvgIpc) is 2.42. The van der Waals surface area contributed by atoms with Gasteiger partial charge in [-0.1, -0.05) is 19.4 Å². The van der Waals surface area contributed by atoms with Crippen molar-refractivity contribution in [1.82, 2.24) is 4.98 Å². The Morgan fingerprint density at radius 1 is 1.19 bits per heavy atom. The van der Waals surface area contributed by atoms with E-state index in [1.54, 1.807) is 0 Å². The Bertz CT molecular complexity index is 700. The molecule has 0 bridgehead atoms. The van der Waals surface area contributed by atoms with Crippen molar-refractivity contribution < 1.29 is 4.90 Å². The summed E-state index contributed by atoms with van der Waals surface area (Å²) in [5, 5.41) is 0.830. The molecule has 1 heterocycles. The number of aromatic amines is 1. The van der Waals surface area contributed by atoms with Gasteiger partial charge in [-0.05, 0) is 44.4 Å². The highest BCUT2D eigenvalue weighted by Gasteiger charge is 2.14. The predicted octanol–water partition coefficient (Wildman–Crippen LogP) is 2.27. The van der Waals surface area contributed by atoms with E-state index < -0.39 is 0 Å². The van der Waals surface area contributed by atoms with E-state index in [2.05, 4.69) is 31.9 Å². The molecule has 2 aromatic rings. The molecule has 3 nitrogen and oxygen atoms in total. The van der Waals surface area contributed by atoms with Crippen LogP contribution in [0.15, 0.2) is 16.9 Å². The summed E-state index contributed by atoms with van der Waals surface area (Å²) in [7, 11) is 2.17. The molecular weight excluding hydrogens is 260 g/mol. The third-order valence-electron chi connectivity index (χ3n) is 4.20. The van der Waals surface area contributed by atoms with E-state index in [4.69, 9.17) is 0 Å². The monoisotopic (exact) mass is 287 g/mol. The lowest BCUT2D eigenvalue weighted by Crippen LogP contribution is -3.07. The van der Waals surface area contributed by atoms with E-state index in [0.717, 1.165) is 46.4 Å². The summed E-state index contributed by atoms with van der Waals surface area (Å²) in [6, 6.07) is 4.13. The van der Waals surface area contributed by atoms with Crippen LogP contribution in [0, 0.1) is 20.8 Å². The Morgan fingerprint density at radius 3 is 2.57 bits per heavy atom. The fraction of sp³-hybridized carbons (Fsp3) is 0.500. The normalized spacial score (nSPS) is 12.8. The van der Waals surface area contributed by atoms with Gasteiger partial charge in [0.05, 0.1) is 24.7 Å². The predicted molar refractivity (Wildman–Crippen MR) is 89.1 cm³/mol. The van der Waals surface area contributed by atoms with Crippen molar-refractivity contribution >= 4 is 10.9 Å². The first-order valence-corrected chi connectivity index (χ1v) is 7.88. The maximum atomic E-state index is 12.8. The summed E-state index contributed by atoms with van der Waals surface area (Å²) in [4.78, 5) is 17.7. The number of aromatic nitrogens is 1. The first-order chi connectivity index (χ1) is 9.93. The van der Waals surface area contributed by atoms with E-state index in [0.29, 0.717) is 0 Å². The van der Waals surface area contributed by atoms with Crippen molar-refractivity contribution in [2.24, 2.45) is 0 Å². The molecule has 114 valence electrons. The van der Waals surface area contributed by atoms with E-state index in [1.807, 2.05) is 19.9 Å². The van der Waals surface area contributed by atoms with Crippen LogP contribution in [0.4, 0.5) is 0 Å². The molecule has 1 unspecified atom stereocenters. The first kappa shape index (κ1) is 15.8. The van der Waals surface area contributed by atoms with Crippen molar-refractivity contribution in [3.8, 4) is 0 Å². The molecule has 1 atom stereocenters. The second-order valence-electron chi connectivity index (χ2n) is 6.30. The highest BCUT2D eigenvalue weighted by atomic mass is 16.1. The second-order valence-corrected chi connectivity index (χ2v) is 6.30. The van der Waals surface area contributed by atoms with E-state index in [9.17, 15) is 4.79 Å². The Morgan fingerprint density at radius 2 is 1.90 bits per heavy atom. The fourth-order valence-corrected chi connectivity index (χ4v) is 2.99. The van der Waals surface area contributed by atoms with Crippen molar-refractivity contribution in [3.63, 3.8) is 0 Å². The van der Waals surface area contributed by atoms with Gasteiger partial charge in [-0.2, -0.15) is 0 Å². The maximum Gasteiger partial charge on any atom is 0.198 e. The van der Waals surface area contributed by atoms with Gasteiger partial charge in [0.25, 0.3) is 0 Å². The number of quaternary nitrogens is 1. The van der Waals surface area contributed by atoms with Gasteiger partial charge in [-0.15, -0.1) is 0 Å². The van der Waals surface area contributed by atoms with Gasteiger partial charge in [0.15, 0.2) is 5.43 Å². The minimum absolute atomic E-state index is 0.198. The zero-order valence-corrected chi connectivity index (χ0v) is 13.9. The molecule has 21 heavy (non-hydrogen) atoms. The van der Waals surface area contributed by atoms with Crippen molar-refractivity contribution in [2.75, 3.05) is 13.6 Å². The van der Waals surface area contributed by atoms with Gasteiger partial charge in [0.2, 0.25) is 0 Å². The van der Waals surface area contributed by atoms with Gasteiger partial charge < -0.3 is 9.88 Å². The summed E-state index contributed by atoms with van der Waals surface area (Å²) >= 11 is 0. The molecule has 0 aliphatic heterocycles. The van der Waals surface area contributed by atoms with Crippen LogP contribution in [0.1, 0.15) is 42.1 Å². The van der Waals surface area contributed by atoms with Crippen molar-refractivity contribution in [3.05, 3.63) is 44.7 Å². The van der Waals surface area contributed by atoms with Crippen molar-refractivity contribution in [2.45, 2.75) is 47.1 Å². The number of rotatable bonds is 5. The molecule has 0 aliphatic carbocycles. The fourth-order valence-electron chi connectivity index (χ4n) is 2.99. The van der Waals surface area contributed by atoms with Gasteiger partial charge in [-0.3, -0.25) is 4.79 Å². The van der Waals surface area contributed by atoms with Crippen LogP contribution in [0.3, 0.4) is 0 Å².